The summed E-state index contributed by atoms with van der Waals surface area (Å²) in [5, 5.41) is 13.1. The Morgan fingerprint density at radius 2 is 2.13 bits per heavy atom. The average molecular weight is 331 g/mol. The second-order valence-electron chi connectivity index (χ2n) is 4.35. The van der Waals surface area contributed by atoms with Crippen LogP contribution in [0.3, 0.4) is 0 Å². The van der Waals surface area contributed by atoms with E-state index in [9.17, 15) is 14.9 Å². The van der Waals surface area contributed by atoms with Crippen molar-refractivity contribution < 1.29 is 19.2 Å². The SMILES string of the molecule is COC(=O)c1ccc(Oc2ncnc3ccsc23)c([N+](=O)[O-])c1. The number of hydrogen-bond donors (Lipinski definition) is 0. The van der Waals surface area contributed by atoms with Crippen molar-refractivity contribution in [1.29, 1.82) is 0 Å². The second kappa shape index (κ2) is 5.97. The fraction of sp³-hybridized carbons (Fsp3) is 0.0714. The summed E-state index contributed by atoms with van der Waals surface area (Å²) in [7, 11) is 1.20. The van der Waals surface area contributed by atoms with Gasteiger partial charge >= 0.3 is 11.7 Å². The van der Waals surface area contributed by atoms with Crippen LogP contribution in [0.1, 0.15) is 10.4 Å². The summed E-state index contributed by atoms with van der Waals surface area (Å²) in [4.78, 5) is 30.2. The number of nitrogens with zero attached hydrogens (tertiary/aromatic N) is 3. The number of carbonyl (C=O) groups is 1. The van der Waals surface area contributed by atoms with E-state index in [0.29, 0.717) is 10.2 Å². The lowest BCUT2D eigenvalue weighted by Gasteiger charge is -2.07. The standard InChI is InChI=1S/C14H9N3O5S/c1-21-14(18)8-2-3-11(10(6-8)17(19)20)22-13-12-9(4-5-23-12)15-7-16-13/h2-7H,1H3. The van der Waals surface area contributed by atoms with Crippen LogP contribution in [-0.2, 0) is 4.74 Å². The Kier molecular flexibility index (Phi) is 3.85. The highest BCUT2D eigenvalue weighted by Gasteiger charge is 2.21. The molecule has 23 heavy (non-hydrogen) atoms. The van der Waals surface area contributed by atoms with E-state index in [0.717, 1.165) is 6.07 Å². The zero-order valence-corrected chi connectivity index (χ0v) is 12.6. The molecule has 3 aromatic rings. The third-order valence-electron chi connectivity index (χ3n) is 2.99. The molecule has 0 aliphatic rings. The van der Waals surface area contributed by atoms with Crippen LogP contribution in [0.15, 0.2) is 36.0 Å². The van der Waals surface area contributed by atoms with Crippen LogP contribution in [-0.4, -0.2) is 28.0 Å². The van der Waals surface area contributed by atoms with Gasteiger partial charge in [-0.1, -0.05) is 0 Å². The van der Waals surface area contributed by atoms with Crippen molar-refractivity contribution in [2.24, 2.45) is 0 Å². The first-order valence-corrected chi connectivity index (χ1v) is 7.21. The van der Waals surface area contributed by atoms with Crippen molar-refractivity contribution in [3.63, 3.8) is 0 Å². The molecular weight excluding hydrogens is 322 g/mol. The number of esters is 1. The lowest BCUT2D eigenvalue weighted by molar-refractivity contribution is -0.385. The molecule has 0 bridgehead atoms. The summed E-state index contributed by atoms with van der Waals surface area (Å²) < 4.78 is 10.8. The molecule has 0 aliphatic heterocycles. The Labute approximate surface area is 133 Å². The highest BCUT2D eigenvalue weighted by Crippen LogP contribution is 2.35. The van der Waals surface area contributed by atoms with Gasteiger partial charge in [-0.3, -0.25) is 10.1 Å². The van der Waals surface area contributed by atoms with Crippen molar-refractivity contribution in [2.45, 2.75) is 0 Å². The van der Waals surface area contributed by atoms with Gasteiger partial charge in [0, 0.05) is 6.07 Å². The molecule has 9 heteroatoms. The van der Waals surface area contributed by atoms with Gasteiger partial charge in [0.15, 0.2) is 0 Å². The van der Waals surface area contributed by atoms with E-state index >= 15 is 0 Å². The maximum atomic E-state index is 11.5. The smallest absolute Gasteiger partial charge is 0.338 e. The summed E-state index contributed by atoms with van der Waals surface area (Å²) in [6, 6.07) is 5.63. The van der Waals surface area contributed by atoms with Gasteiger partial charge in [0.2, 0.25) is 11.6 Å². The van der Waals surface area contributed by atoms with Gasteiger partial charge < -0.3 is 9.47 Å². The van der Waals surface area contributed by atoms with Gasteiger partial charge in [-0.25, -0.2) is 14.8 Å². The third-order valence-corrected chi connectivity index (χ3v) is 3.89. The summed E-state index contributed by atoms with van der Waals surface area (Å²) in [6.07, 6.45) is 1.32. The summed E-state index contributed by atoms with van der Waals surface area (Å²) >= 11 is 1.37. The molecule has 8 nitrogen and oxygen atoms in total. The fourth-order valence-electron chi connectivity index (χ4n) is 1.93. The first kappa shape index (κ1) is 14.9. The molecule has 0 fully saturated rings. The second-order valence-corrected chi connectivity index (χ2v) is 5.26. The lowest BCUT2D eigenvalue weighted by Crippen LogP contribution is -2.03. The van der Waals surface area contributed by atoms with Crippen LogP contribution < -0.4 is 4.74 Å². The number of aromatic nitrogens is 2. The van der Waals surface area contributed by atoms with Crippen molar-refractivity contribution in [1.82, 2.24) is 9.97 Å². The molecule has 0 unspecified atom stereocenters. The number of nitro groups is 1. The molecular formula is C14H9N3O5S. The minimum Gasteiger partial charge on any atom is -0.465 e. The van der Waals surface area contributed by atoms with Crippen LogP contribution in [0.4, 0.5) is 5.69 Å². The predicted octanol–water partition coefficient (Wildman–Crippen LogP) is 3.18. The molecule has 1 aromatic carbocycles. The lowest BCUT2D eigenvalue weighted by atomic mass is 10.2. The van der Waals surface area contributed by atoms with Crippen molar-refractivity contribution in [2.75, 3.05) is 7.11 Å². The molecule has 2 aromatic heterocycles. The van der Waals surface area contributed by atoms with Gasteiger partial charge in [0.25, 0.3) is 0 Å². The zero-order chi connectivity index (χ0) is 16.4. The third kappa shape index (κ3) is 2.81. The van der Waals surface area contributed by atoms with E-state index < -0.39 is 10.9 Å². The van der Waals surface area contributed by atoms with E-state index in [2.05, 4.69) is 14.7 Å². The van der Waals surface area contributed by atoms with Crippen LogP contribution in [0, 0.1) is 10.1 Å². The van der Waals surface area contributed by atoms with Crippen LogP contribution >= 0.6 is 11.3 Å². The Morgan fingerprint density at radius 1 is 1.30 bits per heavy atom. The number of fused-ring (bicyclic) bond motifs is 1. The number of carbonyl (C=O) groups excluding carboxylic acids is 1. The molecule has 0 radical (unpaired) electrons. The van der Waals surface area contributed by atoms with Crippen molar-refractivity contribution >= 4 is 33.2 Å². The Bertz CT molecular complexity index is 908. The number of nitro benzene ring substituents is 1. The van der Waals surface area contributed by atoms with E-state index in [1.807, 2.05) is 5.38 Å². The highest BCUT2D eigenvalue weighted by molar-refractivity contribution is 7.17. The normalized spacial score (nSPS) is 10.5. The van der Waals surface area contributed by atoms with Crippen molar-refractivity contribution in [3.05, 3.63) is 51.7 Å². The van der Waals surface area contributed by atoms with E-state index in [1.54, 1.807) is 6.07 Å². The minimum atomic E-state index is -0.665. The van der Waals surface area contributed by atoms with Crippen LogP contribution in [0.25, 0.3) is 10.2 Å². The quantitative estimate of drug-likeness (QED) is 0.411. The van der Waals surface area contributed by atoms with Gasteiger partial charge in [0.05, 0.1) is 23.1 Å². The number of ether oxygens (including phenoxy) is 2. The molecule has 0 atom stereocenters. The molecule has 0 saturated heterocycles. The number of hydrogen-bond acceptors (Lipinski definition) is 8. The van der Waals surface area contributed by atoms with Crippen LogP contribution in [0.2, 0.25) is 0 Å². The minimum absolute atomic E-state index is 0.0175. The van der Waals surface area contributed by atoms with Gasteiger partial charge in [-0.2, -0.15) is 0 Å². The zero-order valence-electron chi connectivity index (χ0n) is 11.8. The Balaban J connectivity index is 2.04. The maximum absolute atomic E-state index is 11.5. The summed E-state index contributed by atoms with van der Waals surface area (Å²) in [6.45, 7) is 0. The predicted molar refractivity (Wildman–Crippen MR) is 81.9 cm³/mol. The summed E-state index contributed by atoms with van der Waals surface area (Å²) in [5.41, 5.74) is 0.403. The van der Waals surface area contributed by atoms with E-state index in [4.69, 9.17) is 4.74 Å². The first-order chi connectivity index (χ1) is 11.1. The molecule has 0 aliphatic carbocycles. The Morgan fingerprint density at radius 3 is 2.87 bits per heavy atom. The topological polar surface area (TPSA) is 104 Å². The molecule has 0 spiro atoms. The molecule has 116 valence electrons. The molecule has 0 N–H and O–H groups in total. The van der Waals surface area contributed by atoms with E-state index in [1.165, 1.54) is 36.9 Å². The maximum Gasteiger partial charge on any atom is 0.338 e. The van der Waals surface area contributed by atoms with Gasteiger partial charge in [-0.15, -0.1) is 11.3 Å². The largest absolute Gasteiger partial charge is 0.465 e. The number of benzene rings is 1. The molecule has 0 saturated carbocycles. The van der Waals surface area contributed by atoms with Gasteiger partial charge in [0.1, 0.15) is 11.0 Å². The molecule has 0 amide bonds. The fourth-order valence-corrected chi connectivity index (χ4v) is 2.70. The van der Waals surface area contributed by atoms with Crippen LogP contribution in [0.5, 0.6) is 11.6 Å². The number of thiophene rings is 1. The highest BCUT2D eigenvalue weighted by atomic mass is 32.1. The number of methoxy groups -OCH3 is 1. The van der Waals surface area contributed by atoms with E-state index in [-0.39, 0.29) is 22.9 Å². The van der Waals surface area contributed by atoms with Crippen molar-refractivity contribution in [3.8, 4) is 11.6 Å². The van der Waals surface area contributed by atoms with Gasteiger partial charge in [-0.05, 0) is 23.6 Å². The molecule has 2 heterocycles. The molecule has 3 rings (SSSR count). The first-order valence-electron chi connectivity index (χ1n) is 6.33. The average Bonchev–Trinajstić information content (AvgIpc) is 3.04. The Hall–Kier alpha value is -3.07. The summed E-state index contributed by atoms with van der Waals surface area (Å²) in [5.74, 6) is -0.461. The monoisotopic (exact) mass is 331 g/mol. The number of rotatable bonds is 4.